The minimum Gasteiger partial charge on any atom is -0.339 e. The van der Waals surface area contributed by atoms with Crippen molar-refractivity contribution in [1.29, 1.82) is 0 Å². The Morgan fingerprint density at radius 2 is 2.12 bits per heavy atom. The summed E-state index contributed by atoms with van der Waals surface area (Å²) in [6.07, 6.45) is 5.08. The van der Waals surface area contributed by atoms with Gasteiger partial charge in [-0.05, 0) is 18.9 Å². The second kappa shape index (κ2) is 8.25. The molecule has 1 N–H and O–H groups in total. The summed E-state index contributed by atoms with van der Waals surface area (Å²) >= 11 is 5.75. The molecule has 1 aliphatic carbocycles. The SMILES string of the molecule is CN(C[C@@H]1CC(=O)N(C2CCCC2)C1)C(=O)NCc1cccc(Cl)c1F. The lowest BCUT2D eigenvalue weighted by Gasteiger charge is -2.25. The first-order chi connectivity index (χ1) is 12.5. The molecule has 0 radical (unpaired) electrons. The van der Waals surface area contributed by atoms with Crippen LogP contribution in [0, 0.1) is 11.7 Å². The van der Waals surface area contributed by atoms with Gasteiger partial charge >= 0.3 is 6.03 Å². The van der Waals surface area contributed by atoms with Crippen molar-refractivity contribution in [3.8, 4) is 0 Å². The third kappa shape index (κ3) is 4.29. The fourth-order valence-electron chi connectivity index (χ4n) is 3.96. The molecule has 26 heavy (non-hydrogen) atoms. The summed E-state index contributed by atoms with van der Waals surface area (Å²) in [6.45, 7) is 1.32. The number of nitrogens with zero attached hydrogens (tertiary/aromatic N) is 2. The van der Waals surface area contributed by atoms with Crippen LogP contribution in [0.3, 0.4) is 0 Å². The standard InChI is InChI=1S/C19H25ClFN3O2/c1-23(19(26)22-10-14-5-4-8-16(20)18(14)21)11-13-9-17(25)24(12-13)15-6-2-3-7-15/h4-5,8,13,15H,2-3,6-7,9-12H2,1H3,(H,22,26)/t13-/m0/s1. The highest BCUT2D eigenvalue weighted by Crippen LogP contribution is 2.29. The van der Waals surface area contributed by atoms with Gasteiger partial charge in [-0.2, -0.15) is 0 Å². The van der Waals surface area contributed by atoms with Crippen LogP contribution in [0.15, 0.2) is 18.2 Å². The Hall–Kier alpha value is -1.82. The first-order valence-corrected chi connectivity index (χ1v) is 9.55. The predicted molar refractivity (Wildman–Crippen MR) is 98.4 cm³/mol. The summed E-state index contributed by atoms with van der Waals surface area (Å²) < 4.78 is 13.9. The minimum absolute atomic E-state index is 0.0431. The van der Waals surface area contributed by atoms with Gasteiger partial charge in [0.15, 0.2) is 0 Å². The number of halogens is 2. The van der Waals surface area contributed by atoms with Crippen LogP contribution in [0.25, 0.3) is 0 Å². The second-order valence-corrected chi connectivity index (χ2v) is 7.71. The van der Waals surface area contributed by atoms with Gasteiger partial charge in [-0.25, -0.2) is 9.18 Å². The third-order valence-corrected chi connectivity index (χ3v) is 5.64. The maximum absolute atomic E-state index is 13.9. The maximum Gasteiger partial charge on any atom is 0.317 e. The molecule has 1 heterocycles. The van der Waals surface area contributed by atoms with E-state index in [1.54, 1.807) is 24.1 Å². The molecule has 3 rings (SSSR count). The zero-order chi connectivity index (χ0) is 18.7. The van der Waals surface area contributed by atoms with Crippen LogP contribution in [0.1, 0.15) is 37.7 Å². The van der Waals surface area contributed by atoms with E-state index < -0.39 is 5.82 Å². The monoisotopic (exact) mass is 381 g/mol. The second-order valence-electron chi connectivity index (χ2n) is 7.31. The number of benzene rings is 1. The van der Waals surface area contributed by atoms with Gasteiger partial charge in [0.1, 0.15) is 5.82 Å². The highest BCUT2D eigenvalue weighted by atomic mass is 35.5. The summed E-state index contributed by atoms with van der Waals surface area (Å²) in [5.74, 6) is -0.149. The number of hydrogen-bond donors (Lipinski definition) is 1. The first kappa shape index (κ1) is 19.0. The number of likely N-dealkylation sites (tertiary alicyclic amines) is 1. The number of amides is 3. The largest absolute Gasteiger partial charge is 0.339 e. The van der Waals surface area contributed by atoms with Gasteiger partial charge in [-0.1, -0.05) is 36.6 Å². The fraction of sp³-hybridized carbons (Fsp3) is 0.579. The van der Waals surface area contributed by atoms with E-state index in [-0.39, 0.29) is 29.4 Å². The van der Waals surface area contributed by atoms with Crippen molar-refractivity contribution in [2.45, 2.75) is 44.7 Å². The Labute approximate surface area is 158 Å². The fourth-order valence-corrected chi connectivity index (χ4v) is 4.15. The molecule has 142 valence electrons. The quantitative estimate of drug-likeness (QED) is 0.849. The summed E-state index contributed by atoms with van der Waals surface area (Å²) in [5.41, 5.74) is 0.350. The molecule has 0 spiro atoms. The van der Waals surface area contributed by atoms with E-state index in [1.165, 1.54) is 18.9 Å². The summed E-state index contributed by atoms with van der Waals surface area (Å²) in [6, 6.07) is 4.82. The molecular weight excluding hydrogens is 357 g/mol. The van der Waals surface area contributed by atoms with Crippen molar-refractivity contribution in [2.75, 3.05) is 20.1 Å². The highest BCUT2D eigenvalue weighted by molar-refractivity contribution is 6.30. The molecule has 1 aromatic rings. The van der Waals surface area contributed by atoms with Gasteiger partial charge in [-0.15, -0.1) is 0 Å². The van der Waals surface area contributed by atoms with Crippen LogP contribution in [0.2, 0.25) is 5.02 Å². The minimum atomic E-state index is -0.509. The average Bonchev–Trinajstić information content (AvgIpc) is 3.25. The van der Waals surface area contributed by atoms with Crippen molar-refractivity contribution < 1.29 is 14.0 Å². The molecule has 7 heteroatoms. The topological polar surface area (TPSA) is 52.7 Å². The maximum atomic E-state index is 13.9. The van der Waals surface area contributed by atoms with Gasteiger partial charge < -0.3 is 15.1 Å². The molecule has 5 nitrogen and oxygen atoms in total. The van der Waals surface area contributed by atoms with E-state index in [4.69, 9.17) is 11.6 Å². The molecule has 1 saturated carbocycles. The molecule has 1 atom stereocenters. The van der Waals surface area contributed by atoms with E-state index in [0.717, 1.165) is 19.4 Å². The van der Waals surface area contributed by atoms with Gasteiger partial charge in [0.05, 0.1) is 5.02 Å². The zero-order valence-corrected chi connectivity index (χ0v) is 15.8. The normalized spacial score (nSPS) is 20.7. The Morgan fingerprint density at radius 3 is 2.85 bits per heavy atom. The van der Waals surface area contributed by atoms with E-state index in [9.17, 15) is 14.0 Å². The highest BCUT2D eigenvalue weighted by Gasteiger charge is 2.36. The van der Waals surface area contributed by atoms with Gasteiger partial charge in [0.2, 0.25) is 5.91 Å². The van der Waals surface area contributed by atoms with Gasteiger partial charge in [0, 0.05) is 50.6 Å². The average molecular weight is 382 g/mol. The van der Waals surface area contributed by atoms with Crippen molar-refractivity contribution in [3.63, 3.8) is 0 Å². The Balaban J connectivity index is 1.48. The van der Waals surface area contributed by atoms with Crippen molar-refractivity contribution in [2.24, 2.45) is 5.92 Å². The Kier molecular flexibility index (Phi) is 6.01. The van der Waals surface area contributed by atoms with Crippen LogP contribution in [-0.4, -0.2) is 47.9 Å². The lowest BCUT2D eigenvalue weighted by Crippen LogP contribution is -2.40. The van der Waals surface area contributed by atoms with Crippen molar-refractivity contribution >= 4 is 23.5 Å². The van der Waals surface area contributed by atoms with E-state index >= 15 is 0 Å². The van der Waals surface area contributed by atoms with Crippen molar-refractivity contribution in [3.05, 3.63) is 34.6 Å². The number of nitrogens with one attached hydrogen (secondary N) is 1. The molecule has 3 amide bonds. The Morgan fingerprint density at radius 1 is 1.38 bits per heavy atom. The molecule has 2 aliphatic rings. The third-order valence-electron chi connectivity index (χ3n) is 5.34. The number of hydrogen-bond acceptors (Lipinski definition) is 2. The number of carbonyl (C=O) groups excluding carboxylic acids is 2. The van der Waals surface area contributed by atoms with Crippen LogP contribution in [0.4, 0.5) is 9.18 Å². The molecule has 0 unspecified atom stereocenters. The van der Waals surface area contributed by atoms with E-state index in [0.29, 0.717) is 24.6 Å². The van der Waals surface area contributed by atoms with Crippen LogP contribution in [-0.2, 0) is 11.3 Å². The smallest absolute Gasteiger partial charge is 0.317 e. The molecule has 2 fully saturated rings. The van der Waals surface area contributed by atoms with Gasteiger partial charge in [0.25, 0.3) is 0 Å². The van der Waals surface area contributed by atoms with Crippen molar-refractivity contribution in [1.82, 2.24) is 15.1 Å². The summed E-state index contributed by atoms with van der Waals surface area (Å²) in [4.78, 5) is 28.1. The number of urea groups is 1. The molecule has 0 aromatic heterocycles. The van der Waals surface area contributed by atoms with Gasteiger partial charge in [-0.3, -0.25) is 4.79 Å². The molecule has 1 aliphatic heterocycles. The lowest BCUT2D eigenvalue weighted by molar-refractivity contribution is -0.129. The number of carbonyl (C=O) groups is 2. The number of rotatable bonds is 5. The first-order valence-electron chi connectivity index (χ1n) is 9.17. The van der Waals surface area contributed by atoms with E-state index in [1.807, 2.05) is 4.90 Å². The zero-order valence-electron chi connectivity index (χ0n) is 15.0. The van der Waals surface area contributed by atoms with Crippen LogP contribution in [0.5, 0.6) is 0 Å². The molecule has 0 bridgehead atoms. The van der Waals surface area contributed by atoms with Crippen LogP contribution < -0.4 is 5.32 Å². The summed E-state index contributed by atoms with van der Waals surface area (Å²) in [5, 5.41) is 2.75. The molecule has 1 saturated heterocycles. The predicted octanol–water partition coefficient (Wildman–Crippen LogP) is 3.41. The molecule has 1 aromatic carbocycles. The Bertz CT molecular complexity index is 679. The van der Waals surface area contributed by atoms with Crippen LogP contribution >= 0.6 is 11.6 Å². The van der Waals surface area contributed by atoms with E-state index in [2.05, 4.69) is 5.32 Å². The summed E-state index contributed by atoms with van der Waals surface area (Å²) in [7, 11) is 1.70. The molecular formula is C19H25ClFN3O2. The lowest BCUT2D eigenvalue weighted by atomic mass is 10.1.